The summed E-state index contributed by atoms with van der Waals surface area (Å²) in [5.74, 6) is -0.433. The molecule has 1 atom stereocenters. The summed E-state index contributed by atoms with van der Waals surface area (Å²) in [4.78, 5) is 0.178. The van der Waals surface area contributed by atoms with Crippen molar-refractivity contribution in [2.45, 2.75) is 31.7 Å². The monoisotopic (exact) mass is 383 g/mol. The van der Waals surface area contributed by atoms with E-state index < -0.39 is 21.9 Å². The minimum atomic E-state index is -3.88. The molecule has 0 radical (unpaired) electrons. The highest BCUT2D eigenvalue weighted by Crippen LogP contribution is 2.34. The van der Waals surface area contributed by atoms with Crippen molar-refractivity contribution in [1.82, 2.24) is 0 Å². The van der Waals surface area contributed by atoms with Crippen molar-refractivity contribution < 1.29 is 12.8 Å². The number of aryl methyl sites for hydroxylation is 2. The minimum absolute atomic E-state index is 0.178. The van der Waals surface area contributed by atoms with E-state index in [-0.39, 0.29) is 4.90 Å². The molecular formula is C22H22FNO2S. The van der Waals surface area contributed by atoms with Crippen molar-refractivity contribution >= 4 is 15.7 Å². The van der Waals surface area contributed by atoms with E-state index in [1.54, 1.807) is 50.2 Å². The summed E-state index contributed by atoms with van der Waals surface area (Å²) >= 11 is 0. The largest absolute Gasteiger partial charge is 0.264 e. The molecule has 0 amide bonds. The van der Waals surface area contributed by atoms with E-state index in [0.29, 0.717) is 11.3 Å². The summed E-state index contributed by atoms with van der Waals surface area (Å²) in [5.41, 5.74) is 2.57. The molecule has 0 aliphatic heterocycles. The minimum Gasteiger partial charge on any atom is -0.259 e. The highest BCUT2D eigenvalue weighted by molar-refractivity contribution is 7.92. The van der Waals surface area contributed by atoms with Crippen LogP contribution in [0.5, 0.6) is 0 Å². The summed E-state index contributed by atoms with van der Waals surface area (Å²) in [5, 5.41) is 0. The van der Waals surface area contributed by atoms with Gasteiger partial charge in [0.05, 0.1) is 16.6 Å². The van der Waals surface area contributed by atoms with Crippen LogP contribution in [0.1, 0.15) is 29.7 Å². The predicted molar refractivity (Wildman–Crippen MR) is 107 cm³/mol. The molecule has 0 fully saturated rings. The predicted octanol–water partition coefficient (Wildman–Crippen LogP) is 5.40. The van der Waals surface area contributed by atoms with E-state index in [4.69, 9.17) is 0 Å². The molecule has 0 aliphatic carbocycles. The third-order valence-corrected chi connectivity index (χ3v) is 6.53. The lowest BCUT2D eigenvalue weighted by atomic mass is 10.1. The van der Waals surface area contributed by atoms with Gasteiger partial charge in [0.1, 0.15) is 5.82 Å². The molecule has 140 valence electrons. The van der Waals surface area contributed by atoms with Gasteiger partial charge in [-0.3, -0.25) is 4.31 Å². The van der Waals surface area contributed by atoms with Crippen LogP contribution < -0.4 is 4.31 Å². The zero-order chi connectivity index (χ0) is 19.6. The summed E-state index contributed by atoms with van der Waals surface area (Å²) in [6.45, 7) is 5.35. The molecule has 0 aliphatic rings. The molecule has 5 heteroatoms. The topological polar surface area (TPSA) is 37.4 Å². The average Bonchev–Trinajstić information content (AvgIpc) is 2.65. The number of hydrogen-bond donors (Lipinski definition) is 0. The average molecular weight is 383 g/mol. The normalized spacial score (nSPS) is 12.6. The van der Waals surface area contributed by atoms with Crippen LogP contribution in [0, 0.1) is 19.7 Å². The quantitative estimate of drug-likeness (QED) is 0.592. The van der Waals surface area contributed by atoms with Crippen molar-refractivity contribution in [3.63, 3.8) is 0 Å². The molecule has 3 aromatic rings. The number of nitrogens with zero attached hydrogens (tertiary/aromatic N) is 1. The number of hydrogen-bond acceptors (Lipinski definition) is 2. The summed E-state index contributed by atoms with van der Waals surface area (Å²) in [7, 11) is -3.88. The van der Waals surface area contributed by atoms with E-state index in [0.717, 1.165) is 11.1 Å². The third kappa shape index (κ3) is 3.88. The lowest BCUT2D eigenvalue weighted by Crippen LogP contribution is -2.33. The van der Waals surface area contributed by atoms with Crippen molar-refractivity contribution in [3.05, 3.63) is 95.3 Å². The van der Waals surface area contributed by atoms with Crippen LogP contribution in [-0.4, -0.2) is 8.42 Å². The van der Waals surface area contributed by atoms with Gasteiger partial charge in [-0.1, -0.05) is 54.1 Å². The lowest BCUT2D eigenvalue weighted by Gasteiger charge is -2.31. The molecule has 0 bridgehead atoms. The molecule has 27 heavy (non-hydrogen) atoms. The number of halogens is 1. The Labute approximate surface area is 160 Å². The van der Waals surface area contributed by atoms with Gasteiger partial charge in [-0.05, 0) is 56.2 Å². The second-order valence-electron chi connectivity index (χ2n) is 6.63. The molecule has 0 aromatic heterocycles. The fraction of sp³-hybridized carbons (Fsp3) is 0.182. The van der Waals surface area contributed by atoms with E-state index in [9.17, 15) is 12.8 Å². The molecule has 0 heterocycles. The Balaban J connectivity index is 2.17. The Morgan fingerprint density at radius 1 is 0.889 bits per heavy atom. The first-order valence-corrected chi connectivity index (χ1v) is 10.2. The third-order valence-electron chi connectivity index (χ3n) is 4.62. The summed E-state index contributed by atoms with van der Waals surface area (Å²) in [6.07, 6.45) is 0. The van der Waals surface area contributed by atoms with E-state index >= 15 is 0 Å². The molecule has 3 nitrogen and oxygen atoms in total. The zero-order valence-electron chi connectivity index (χ0n) is 15.6. The van der Waals surface area contributed by atoms with Gasteiger partial charge < -0.3 is 0 Å². The number of sulfonamides is 1. The van der Waals surface area contributed by atoms with Crippen molar-refractivity contribution in [2.24, 2.45) is 0 Å². The molecule has 0 N–H and O–H groups in total. The van der Waals surface area contributed by atoms with Crippen LogP contribution in [0.25, 0.3) is 0 Å². The standard InChI is InChI=1S/C22H22FNO2S/c1-16-9-13-21(14-10-16)27(25,26)24(18(3)19-7-5-4-6-8-19)20-12-11-17(2)22(23)15-20/h4-15,18H,1-3H3/t18-/m0/s1. The zero-order valence-corrected chi connectivity index (χ0v) is 16.4. The van der Waals surface area contributed by atoms with Gasteiger partial charge in [-0.25, -0.2) is 12.8 Å². The Morgan fingerprint density at radius 2 is 1.52 bits per heavy atom. The van der Waals surface area contributed by atoms with Crippen LogP contribution in [0.15, 0.2) is 77.7 Å². The molecule has 0 unspecified atom stereocenters. The van der Waals surface area contributed by atoms with E-state index in [1.807, 2.05) is 37.3 Å². The first-order valence-electron chi connectivity index (χ1n) is 8.73. The summed E-state index contributed by atoms with van der Waals surface area (Å²) < 4.78 is 42.4. The lowest BCUT2D eigenvalue weighted by molar-refractivity contribution is 0.581. The van der Waals surface area contributed by atoms with E-state index in [1.165, 1.54) is 10.4 Å². The van der Waals surface area contributed by atoms with Gasteiger partial charge in [0.25, 0.3) is 10.0 Å². The maximum absolute atomic E-state index is 14.2. The molecule has 0 saturated heterocycles. The van der Waals surface area contributed by atoms with Crippen molar-refractivity contribution in [1.29, 1.82) is 0 Å². The van der Waals surface area contributed by atoms with Crippen LogP contribution in [0.3, 0.4) is 0 Å². The fourth-order valence-corrected chi connectivity index (χ4v) is 4.62. The Hall–Kier alpha value is -2.66. The van der Waals surface area contributed by atoms with Crippen LogP contribution >= 0.6 is 0 Å². The Morgan fingerprint density at radius 3 is 2.11 bits per heavy atom. The second-order valence-corrected chi connectivity index (χ2v) is 8.45. The smallest absolute Gasteiger partial charge is 0.259 e. The SMILES string of the molecule is Cc1ccc(S(=O)(=O)N(c2ccc(C)c(F)c2)[C@@H](C)c2ccccc2)cc1. The Kier molecular flexibility index (Phi) is 5.33. The van der Waals surface area contributed by atoms with Crippen LogP contribution in [0.4, 0.5) is 10.1 Å². The van der Waals surface area contributed by atoms with Crippen LogP contribution in [-0.2, 0) is 10.0 Å². The maximum Gasteiger partial charge on any atom is 0.264 e. The highest BCUT2D eigenvalue weighted by Gasteiger charge is 2.30. The molecule has 3 rings (SSSR count). The number of anilines is 1. The van der Waals surface area contributed by atoms with Gasteiger partial charge in [0.15, 0.2) is 0 Å². The van der Waals surface area contributed by atoms with Gasteiger partial charge >= 0.3 is 0 Å². The number of rotatable bonds is 5. The molecule has 0 saturated carbocycles. The number of benzene rings is 3. The van der Waals surface area contributed by atoms with Gasteiger partial charge in [-0.2, -0.15) is 0 Å². The first kappa shape index (κ1) is 19.1. The maximum atomic E-state index is 14.2. The fourth-order valence-electron chi connectivity index (χ4n) is 2.98. The van der Waals surface area contributed by atoms with Gasteiger partial charge in [0, 0.05) is 0 Å². The van der Waals surface area contributed by atoms with Crippen molar-refractivity contribution in [2.75, 3.05) is 4.31 Å². The first-order chi connectivity index (χ1) is 12.8. The molecule has 0 spiro atoms. The van der Waals surface area contributed by atoms with E-state index in [2.05, 4.69) is 0 Å². The van der Waals surface area contributed by atoms with Crippen molar-refractivity contribution in [3.8, 4) is 0 Å². The molecule has 3 aromatic carbocycles. The second kappa shape index (κ2) is 7.53. The Bertz CT molecular complexity index is 1030. The van der Waals surface area contributed by atoms with Gasteiger partial charge in [-0.15, -0.1) is 0 Å². The molecular weight excluding hydrogens is 361 g/mol. The summed E-state index contributed by atoms with van der Waals surface area (Å²) in [6, 6.07) is 20.0. The van der Waals surface area contributed by atoms with Crippen LogP contribution in [0.2, 0.25) is 0 Å². The van der Waals surface area contributed by atoms with Gasteiger partial charge in [0.2, 0.25) is 0 Å². The highest BCUT2D eigenvalue weighted by atomic mass is 32.2.